The van der Waals surface area contributed by atoms with Gasteiger partial charge in [0.05, 0.1) is 12.2 Å². The van der Waals surface area contributed by atoms with Gasteiger partial charge in [0.25, 0.3) is 0 Å². The van der Waals surface area contributed by atoms with Crippen LogP contribution >= 0.6 is 0 Å². The average molecular weight is 444 g/mol. The van der Waals surface area contributed by atoms with Crippen LogP contribution in [0.5, 0.6) is 11.6 Å². The Balaban J connectivity index is 1.41. The molecule has 0 amide bonds. The molecule has 1 N–H and O–H groups in total. The van der Waals surface area contributed by atoms with Gasteiger partial charge >= 0.3 is 0 Å². The predicted octanol–water partition coefficient (Wildman–Crippen LogP) is 5.21. The summed E-state index contributed by atoms with van der Waals surface area (Å²) in [5.74, 6) is 2.44. The number of pyridine rings is 1. The summed E-state index contributed by atoms with van der Waals surface area (Å²) in [5.41, 5.74) is 4.88. The molecule has 6 nitrogen and oxygen atoms in total. The maximum absolute atomic E-state index is 6.54. The standard InChI is InChI=1S/C27H33N5O/c1-19-5-8-24-25(31(19)17-20-6-7-20)10-9-23(27(24)33-26-4-2-3-13-29-26)21-16-30-32(18-21)22-11-14-28-15-12-22/h2-4,9-10,13,16,18-20,22,28H,5-8,11-12,14-15,17H2,1H3/t19-/m0/s1. The van der Waals surface area contributed by atoms with Crippen LogP contribution in [-0.4, -0.2) is 40.4 Å². The number of piperidine rings is 1. The Morgan fingerprint density at radius 2 is 1.94 bits per heavy atom. The Kier molecular flexibility index (Phi) is 5.54. The van der Waals surface area contributed by atoms with Crippen molar-refractivity contribution in [1.82, 2.24) is 20.1 Å². The number of aromatic nitrogens is 3. The van der Waals surface area contributed by atoms with E-state index < -0.39 is 0 Å². The van der Waals surface area contributed by atoms with E-state index in [4.69, 9.17) is 9.84 Å². The lowest BCUT2D eigenvalue weighted by atomic mass is 9.92. The van der Waals surface area contributed by atoms with Crippen molar-refractivity contribution < 1.29 is 4.74 Å². The maximum atomic E-state index is 6.54. The second-order valence-corrected chi connectivity index (χ2v) is 9.88. The summed E-state index contributed by atoms with van der Waals surface area (Å²) >= 11 is 0. The summed E-state index contributed by atoms with van der Waals surface area (Å²) < 4.78 is 8.69. The van der Waals surface area contributed by atoms with Gasteiger partial charge < -0.3 is 15.0 Å². The van der Waals surface area contributed by atoms with Crippen molar-refractivity contribution >= 4 is 5.69 Å². The second-order valence-electron chi connectivity index (χ2n) is 9.88. The lowest BCUT2D eigenvalue weighted by Crippen LogP contribution is -2.38. The topological polar surface area (TPSA) is 55.2 Å². The van der Waals surface area contributed by atoms with Crippen molar-refractivity contribution in [3.8, 4) is 22.8 Å². The van der Waals surface area contributed by atoms with Gasteiger partial charge in [-0.25, -0.2) is 4.98 Å². The fourth-order valence-electron chi connectivity index (χ4n) is 5.34. The molecule has 0 radical (unpaired) electrons. The zero-order chi connectivity index (χ0) is 22.2. The fraction of sp³-hybridized carbons (Fsp3) is 0.481. The number of fused-ring (bicyclic) bond motifs is 1. The first-order valence-electron chi connectivity index (χ1n) is 12.5. The van der Waals surface area contributed by atoms with Gasteiger partial charge in [-0.3, -0.25) is 4.68 Å². The Hall–Kier alpha value is -2.86. The molecule has 1 saturated carbocycles. The van der Waals surface area contributed by atoms with Crippen LogP contribution in [0.2, 0.25) is 0 Å². The van der Waals surface area contributed by atoms with Crippen LogP contribution in [-0.2, 0) is 6.42 Å². The highest BCUT2D eigenvalue weighted by Gasteiger charge is 2.32. The Bertz CT molecular complexity index is 1100. The third-order valence-corrected chi connectivity index (χ3v) is 7.48. The smallest absolute Gasteiger partial charge is 0.219 e. The molecule has 0 unspecified atom stereocenters. The molecule has 1 aromatic carbocycles. The number of nitrogens with one attached hydrogen (secondary N) is 1. The SMILES string of the molecule is C[C@H]1CCc2c(ccc(-c3cnn(C4CCNCC4)c3)c2Oc2ccccn2)N1CC1CC1. The van der Waals surface area contributed by atoms with E-state index in [1.54, 1.807) is 6.20 Å². The molecule has 2 aromatic heterocycles. The molecule has 1 atom stereocenters. The molecule has 3 aromatic rings. The molecule has 172 valence electrons. The lowest BCUT2D eigenvalue weighted by molar-refractivity contribution is 0.343. The normalized spacial score (nSPS) is 21.1. The number of rotatable bonds is 6. The lowest BCUT2D eigenvalue weighted by Gasteiger charge is -2.38. The number of ether oxygens (including phenoxy) is 1. The molecule has 4 heterocycles. The Morgan fingerprint density at radius 3 is 2.73 bits per heavy atom. The van der Waals surface area contributed by atoms with Crippen LogP contribution in [0.3, 0.4) is 0 Å². The molecular weight excluding hydrogens is 410 g/mol. The van der Waals surface area contributed by atoms with E-state index in [2.05, 4.69) is 45.1 Å². The third-order valence-electron chi connectivity index (χ3n) is 7.48. The van der Waals surface area contributed by atoms with Gasteiger partial charge in [0.1, 0.15) is 5.75 Å². The molecule has 33 heavy (non-hydrogen) atoms. The number of anilines is 1. The maximum Gasteiger partial charge on any atom is 0.219 e. The van der Waals surface area contributed by atoms with Crippen LogP contribution in [0.1, 0.15) is 50.6 Å². The summed E-state index contributed by atoms with van der Waals surface area (Å²) in [4.78, 5) is 7.08. The van der Waals surface area contributed by atoms with Crippen molar-refractivity contribution in [2.75, 3.05) is 24.5 Å². The molecule has 3 aliphatic rings. The van der Waals surface area contributed by atoms with Crippen molar-refractivity contribution in [3.05, 3.63) is 54.5 Å². The minimum absolute atomic E-state index is 0.465. The van der Waals surface area contributed by atoms with Crippen LogP contribution in [0.15, 0.2) is 48.9 Å². The van der Waals surface area contributed by atoms with E-state index in [9.17, 15) is 0 Å². The molecule has 6 heteroatoms. The number of hydrogen-bond donors (Lipinski definition) is 1. The summed E-state index contributed by atoms with van der Waals surface area (Å²) in [6.07, 6.45) is 13.1. The number of benzene rings is 1. The average Bonchev–Trinajstić information content (AvgIpc) is 3.55. The monoisotopic (exact) mass is 443 g/mol. The van der Waals surface area contributed by atoms with E-state index in [0.717, 1.165) is 68.1 Å². The summed E-state index contributed by atoms with van der Waals surface area (Å²) in [7, 11) is 0. The molecule has 2 aliphatic heterocycles. The van der Waals surface area contributed by atoms with Gasteiger partial charge in [-0.1, -0.05) is 6.07 Å². The van der Waals surface area contributed by atoms with Gasteiger partial charge in [0.15, 0.2) is 0 Å². The molecule has 0 bridgehead atoms. The van der Waals surface area contributed by atoms with Crippen LogP contribution in [0, 0.1) is 5.92 Å². The van der Waals surface area contributed by atoms with Crippen LogP contribution in [0.25, 0.3) is 11.1 Å². The van der Waals surface area contributed by atoms with E-state index in [0.29, 0.717) is 18.0 Å². The number of hydrogen-bond acceptors (Lipinski definition) is 5. The number of nitrogens with zero attached hydrogens (tertiary/aromatic N) is 4. The molecule has 1 saturated heterocycles. The summed E-state index contributed by atoms with van der Waals surface area (Å²) in [6.45, 7) is 5.63. The van der Waals surface area contributed by atoms with Crippen molar-refractivity contribution in [2.45, 2.75) is 57.5 Å². The van der Waals surface area contributed by atoms with Crippen molar-refractivity contribution in [1.29, 1.82) is 0 Å². The third kappa shape index (κ3) is 4.24. The summed E-state index contributed by atoms with van der Waals surface area (Å²) in [5, 5.41) is 8.20. The van der Waals surface area contributed by atoms with Gasteiger partial charge in [-0.15, -0.1) is 0 Å². The largest absolute Gasteiger partial charge is 0.438 e. The summed E-state index contributed by atoms with van der Waals surface area (Å²) in [6, 6.07) is 11.4. The molecule has 1 aliphatic carbocycles. The van der Waals surface area contributed by atoms with E-state index in [-0.39, 0.29) is 0 Å². The first-order chi connectivity index (χ1) is 16.3. The van der Waals surface area contributed by atoms with E-state index >= 15 is 0 Å². The highest BCUT2D eigenvalue weighted by atomic mass is 16.5. The zero-order valence-electron chi connectivity index (χ0n) is 19.4. The molecule has 0 spiro atoms. The predicted molar refractivity (Wildman–Crippen MR) is 131 cm³/mol. The molecular formula is C27H33N5O. The van der Waals surface area contributed by atoms with Gasteiger partial charge in [0.2, 0.25) is 5.88 Å². The minimum atomic E-state index is 0.465. The molecule has 2 fully saturated rings. The van der Waals surface area contributed by atoms with Crippen LogP contribution < -0.4 is 15.0 Å². The zero-order valence-corrected chi connectivity index (χ0v) is 19.4. The van der Waals surface area contributed by atoms with Crippen molar-refractivity contribution in [3.63, 3.8) is 0 Å². The highest BCUT2D eigenvalue weighted by molar-refractivity contribution is 5.78. The Morgan fingerprint density at radius 1 is 1.06 bits per heavy atom. The second kappa shape index (κ2) is 8.82. The Labute approximate surface area is 196 Å². The first-order valence-corrected chi connectivity index (χ1v) is 12.5. The van der Waals surface area contributed by atoms with Crippen LogP contribution in [0.4, 0.5) is 5.69 Å². The fourth-order valence-corrected chi connectivity index (χ4v) is 5.34. The van der Waals surface area contributed by atoms with E-state index in [1.165, 1.54) is 24.1 Å². The van der Waals surface area contributed by atoms with E-state index in [1.807, 2.05) is 24.4 Å². The van der Waals surface area contributed by atoms with Gasteiger partial charge in [-0.05, 0) is 82.7 Å². The van der Waals surface area contributed by atoms with Crippen molar-refractivity contribution in [2.24, 2.45) is 5.92 Å². The molecule has 6 rings (SSSR count). The van der Waals surface area contributed by atoms with Gasteiger partial charge in [-0.2, -0.15) is 5.10 Å². The quantitative estimate of drug-likeness (QED) is 0.567. The van der Waals surface area contributed by atoms with Gasteiger partial charge in [0, 0.05) is 53.4 Å². The first kappa shape index (κ1) is 20.7. The highest BCUT2D eigenvalue weighted by Crippen LogP contribution is 2.45. The minimum Gasteiger partial charge on any atom is -0.438 e.